The smallest absolute Gasteiger partial charge is 0.317 e. The summed E-state index contributed by atoms with van der Waals surface area (Å²) in [5.74, 6) is -0.213. The van der Waals surface area contributed by atoms with Gasteiger partial charge in [0.05, 0.1) is 5.92 Å². The molecule has 0 aromatic heterocycles. The number of carbonyl (C=O) groups excluding carboxylic acids is 1. The number of carbonyl (C=O) groups is 2. The van der Waals surface area contributed by atoms with E-state index in [0.29, 0.717) is 18.4 Å². The van der Waals surface area contributed by atoms with Crippen molar-refractivity contribution >= 4 is 12.0 Å². The van der Waals surface area contributed by atoms with Gasteiger partial charge in [0.15, 0.2) is 0 Å². The molecule has 4 unspecified atom stereocenters. The minimum Gasteiger partial charge on any atom is -0.481 e. The normalized spacial score (nSPS) is 27.1. The van der Waals surface area contributed by atoms with E-state index >= 15 is 0 Å². The summed E-state index contributed by atoms with van der Waals surface area (Å²) in [6.45, 7) is 8.68. The van der Waals surface area contributed by atoms with Crippen molar-refractivity contribution in [3.05, 3.63) is 0 Å². The lowest BCUT2D eigenvalue weighted by Crippen LogP contribution is -2.48. The first-order valence-corrected chi connectivity index (χ1v) is 7.68. The molecule has 1 fully saturated rings. The number of carboxylic acids is 1. The van der Waals surface area contributed by atoms with Crippen LogP contribution in [0, 0.1) is 17.8 Å². The summed E-state index contributed by atoms with van der Waals surface area (Å²) >= 11 is 0. The maximum absolute atomic E-state index is 12.3. The molecule has 0 aromatic carbocycles. The third kappa shape index (κ3) is 4.12. The van der Waals surface area contributed by atoms with Crippen LogP contribution < -0.4 is 5.32 Å². The highest BCUT2D eigenvalue weighted by Crippen LogP contribution is 2.33. The van der Waals surface area contributed by atoms with Crippen molar-refractivity contribution in [2.24, 2.45) is 17.8 Å². The highest BCUT2D eigenvalue weighted by molar-refractivity contribution is 5.76. The molecule has 1 rings (SSSR count). The second-order valence-corrected chi connectivity index (χ2v) is 5.94. The fraction of sp³-hybridized carbons (Fsp3) is 0.867. The molecule has 0 bridgehead atoms. The molecule has 2 amide bonds. The van der Waals surface area contributed by atoms with Gasteiger partial charge in [-0.05, 0) is 31.6 Å². The minimum atomic E-state index is -0.864. The Hall–Kier alpha value is -1.26. The average Bonchev–Trinajstić information content (AvgIpc) is 2.76. The first-order valence-electron chi connectivity index (χ1n) is 7.68. The largest absolute Gasteiger partial charge is 0.481 e. The number of aliphatic carboxylic acids is 1. The van der Waals surface area contributed by atoms with Gasteiger partial charge in [-0.1, -0.05) is 27.2 Å². The lowest BCUT2D eigenvalue weighted by molar-refractivity contribution is -0.141. The lowest BCUT2D eigenvalue weighted by Gasteiger charge is -2.27. The zero-order chi connectivity index (χ0) is 15.3. The molecule has 0 aliphatic heterocycles. The van der Waals surface area contributed by atoms with E-state index in [-0.39, 0.29) is 18.6 Å². The minimum absolute atomic E-state index is 0.130. The molecule has 5 nitrogen and oxygen atoms in total. The van der Waals surface area contributed by atoms with E-state index in [0.717, 1.165) is 12.8 Å². The Kier molecular flexibility index (Phi) is 6.30. The summed E-state index contributed by atoms with van der Waals surface area (Å²) in [6.07, 6.45) is 3.35. The Balaban J connectivity index is 2.53. The maximum atomic E-state index is 12.3. The van der Waals surface area contributed by atoms with Gasteiger partial charge < -0.3 is 15.3 Å². The summed E-state index contributed by atoms with van der Waals surface area (Å²) < 4.78 is 0. The van der Waals surface area contributed by atoms with Gasteiger partial charge in [-0.2, -0.15) is 0 Å². The Morgan fingerprint density at radius 1 is 1.35 bits per heavy atom. The predicted molar refractivity (Wildman–Crippen MR) is 78.5 cm³/mol. The maximum Gasteiger partial charge on any atom is 0.317 e. The van der Waals surface area contributed by atoms with Crippen LogP contribution in [0.25, 0.3) is 0 Å². The molecule has 0 heterocycles. The summed E-state index contributed by atoms with van der Waals surface area (Å²) in [7, 11) is 0. The van der Waals surface area contributed by atoms with Crippen molar-refractivity contribution in [1.29, 1.82) is 0 Å². The summed E-state index contributed by atoms with van der Waals surface area (Å²) in [4.78, 5) is 24.7. The van der Waals surface area contributed by atoms with E-state index in [1.165, 1.54) is 6.42 Å². The molecule has 116 valence electrons. The molecular weight excluding hydrogens is 256 g/mol. The average molecular weight is 284 g/mol. The van der Waals surface area contributed by atoms with Gasteiger partial charge in [0.2, 0.25) is 0 Å². The van der Waals surface area contributed by atoms with Crippen LogP contribution in [0.5, 0.6) is 0 Å². The number of nitrogens with one attached hydrogen (secondary N) is 1. The van der Waals surface area contributed by atoms with E-state index in [2.05, 4.69) is 19.2 Å². The van der Waals surface area contributed by atoms with Crippen molar-refractivity contribution in [3.63, 3.8) is 0 Å². The van der Waals surface area contributed by atoms with Gasteiger partial charge in [0.1, 0.15) is 0 Å². The lowest BCUT2D eigenvalue weighted by atomic mass is 9.93. The first kappa shape index (κ1) is 16.8. The van der Waals surface area contributed by atoms with Crippen LogP contribution in [0.1, 0.15) is 47.0 Å². The summed E-state index contributed by atoms with van der Waals surface area (Å²) in [6, 6.07) is 0.0934. The number of hydrogen-bond donors (Lipinski definition) is 2. The third-order valence-corrected chi connectivity index (χ3v) is 4.64. The first-order chi connectivity index (χ1) is 9.40. The summed E-state index contributed by atoms with van der Waals surface area (Å²) in [5.41, 5.74) is 0. The molecule has 1 aliphatic rings. The zero-order valence-electron chi connectivity index (χ0n) is 13.1. The molecule has 0 aromatic rings. The van der Waals surface area contributed by atoms with Crippen molar-refractivity contribution in [3.8, 4) is 0 Å². The molecule has 0 spiro atoms. The van der Waals surface area contributed by atoms with E-state index in [1.54, 1.807) is 11.8 Å². The van der Waals surface area contributed by atoms with Gasteiger partial charge in [-0.15, -0.1) is 0 Å². The standard InChI is InChI=1S/C15H28N2O3/c1-5-12-7-8-13(11(12)4)16-15(20)17(6-2)9-10(3)14(18)19/h10-13H,5-9H2,1-4H3,(H,16,20)(H,18,19). The number of urea groups is 1. The monoisotopic (exact) mass is 284 g/mol. The van der Waals surface area contributed by atoms with Crippen molar-refractivity contribution < 1.29 is 14.7 Å². The topological polar surface area (TPSA) is 69.6 Å². The Morgan fingerprint density at radius 3 is 2.45 bits per heavy atom. The molecule has 1 aliphatic carbocycles. The molecule has 2 N–H and O–H groups in total. The van der Waals surface area contributed by atoms with Crippen molar-refractivity contribution in [2.75, 3.05) is 13.1 Å². The SMILES string of the molecule is CCC1CCC(NC(=O)N(CC)CC(C)C(=O)O)C1C. The second-order valence-electron chi connectivity index (χ2n) is 5.94. The van der Waals surface area contributed by atoms with Gasteiger partial charge in [-0.3, -0.25) is 4.79 Å². The van der Waals surface area contributed by atoms with Crippen LogP contribution in [0.2, 0.25) is 0 Å². The predicted octanol–water partition coefficient (Wildman–Crippen LogP) is 2.56. The Labute approximate surface area is 121 Å². The Bertz CT molecular complexity index is 346. The van der Waals surface area contributed by atoms with E-state index in [1.807, 2.05) is 6.92 Å². The number of amides is 2. The van der Waals surface area contributed by atoms with E-state index in [4.69, 9.17) is 5.11 Å². The van der Waals surface area contributed by atoms with Crippen LogP contribution in [-0.2, 0) is 4.79 Å². The van der Waals surface area contributed by atoms with Crippen LogP contribution in [0.3, 0.4) is 0 Å². The van der Waals surface area contributed by atoms with Gasteiger partial charge >= 0.3 is 12.0 Å². The van der Waals surface area contributed by atoms with Crippen LogP contribution in [0.15, 0.2) is 0 Å². The number of rotatable bonds is 6. The second kappa shape index (κ2) is 7.50. The zero-order valence-corrected chi connectivity index (χ0v) is 13.1. The summed E-state index contributed by atoms with van der Waals surface area (Å²) in [5, 5.41) is 12.0. The third-order valence-electron chi connectivity index (χ3n) is 4.64. The quantitative estimate of drug-likeness (QED) is 0.787. The number of hydrogen-bond acceptors (Lipinski definition) is 2. The van der Waals surface area contributed by atoms with Crippen molar-refractivity contribution in [2.45, 2.75) is 53.0 Å². The molecule has 5 heteroatoms. The number of nitrogens with zero attached hydrogens (tertiary/aromatic N) is 1. The fourth-order valence-electron chi connectivity index (χ4n) is 3.04. The van der Waals surface area contributed by atoms with Crippen LogP contribution in [0.4, 0.5) is 4.79 Å². The molecule has 20 heavy (non-hydrogen) atoms. The number of carboxylic acid groups (broad SMARTS) is 1. The molecule has 0 saturated heterocycles. The molecule has 4 atom stereocenters. The highest BCUT2D eigenvalue weighted by atomic mass is 16.4. The van der Waals surface area contributed by atoms with Gasteiger partial charge in [0.25, 0.3) is 0 Å². The molecule has 0 radical (unpaired) electrons. The van der Waals surface area contributed by atoms with Crippen molar-refractivity contribution in [1.82, 2.24) is 10.2 Å². The molecular formula is C15H28N2O3. The Morgan fingerprint density at radius 2 is 2.00 bits per heavy atom. The van der Waals surface area contributed by atoms with Crippen LogP contribution >= 0.6 is 0 Å². The van der Waals surface area contributed by atoms with Crippen LogP contribution in [-0.4, -0.2) is 41.1 Å². The molecule has 1 saturated carbocycles. The van der Waals surface area contributed by atoms with Gasteiger partial charge in [-0.25, -0.2) is 4.79 Å². The fourth-order valence-corrected chi connectivity index (χ4v) is 3.04. The highest BCUT2D eigenvalue weighted by Gasteiger charge is 2.33. The van der Waals surface area contributed by atoms with E-state index < -0.39 is 11.9 Å². The van der Waals surface area contributed by atoms with Gasteiger partial charge in [0, 0.05) is 19.1 Å². The van der Waals surface area contributed by atoms with E-state index in [9.17, 15) is 9.59 Å².